The van der Waals surface area contributed by atoms with Crippen LogP contribution in [-0.2, 0) is 24.0 Å². The third-order valence-corrected chi connectivity index (χ3v) is 2.13. The van der Waals surface area contributed by atoms with E-state index in [0.29, 0.717) is 6.41 Å². The molecule has 0 spiro atoms. The van der Waals surface area contributed by atoms with Crippen molar-refractivity contribution in [2.24, 2.45) is 0 Å². The fourth-order valence-corrected chi connectivity index (χ4v) is 0.903. The molecule has 0 aliphatic rings. The molecule has 0 aromatic rings. The van der Waals surface area contributed by atoms with Gasteiger partial charge in [0.25, 0.3) is 0 Å². The molecule has 0 heterocycles. The van der Waals surface area contributed by atoms with Crippen molar-refractivity contribution < 1.29 is 24.0 Å². The number of carbonyl (C=O) groups excluding carboxylic acids is 5. The minimum Gasteiger partial charge on any atom is -0.350 e. The predicted molar refractivity (Wildman–Crippen MR) is 94.7 cm³/mol. The zero-order valence-corrected chi connectivity index (χ0v) is 15.7. The van der Waals surface area contributed by atoms with E-state index < -0.39 is 17.7 Å². The number of hydrogen-bond acceptors (Lipinski definition) is 6. The van der Waals surface area contributed by atoms with Crippen LogP contribution in [0.15, 0.2) is 0 Å². The van der Waals surface area contributed by atoms with E-state index in [0.717, 1.165) is 6.54 Å². The van der Waals surface area contributed by atoms with Gasteiger partial charge in [-0.25, -0.2) is 0 Å². The fourth-order valence-electron chi connectivity index (χ4n) is 0.903. The van der Waals surface area contributed by atoms with Crippen molar-refractivity contribution in [2.45, 2.75) is 27.7 Å². The summed E-state index contributed by atoms with van der Waals surface area (Å²) in [4.78, 5) is 53.8. The van der Waals surface area contributed by atoms with Gasteiger partial charge >= 0.3 is 0 Å². The van der Waals surface area contributed by atoms with Crippen LogP contribution in [0, 0.1) is 0 Å². The van der Waals surface area contributed by atoms with Gasteiger partial charge < -0.3 is 26.6 Å². The van der Waals surface area contributed by atoms with Crippen LogP contribution in [0.5, 0.6) is 0 Å². The number of amides is 4. The topological polar surface area (TPSA) is 146 Å². The van der Waals surface area contributed by atoms with Crippen LogP contribution in [-0.4, -0.2) is 69.7 Å². The molecule has 10 heteroatoms. The number of hydrogen-bond donors (Lipinski definition) is 5. The first-order valence-electron chi connectivity index (χ1n) is 7.98. The van der Waals surface area contributed by atoms with Crippen molar-refractivity contribution in [3.8, 4) is 0 Å². The Balaban J connectivity index is -0.000000701. The quantitative estimate of drug-likeness (QED) is 0.282. The van der Waals surface area contributed by atoms with Crippen LogP contribution in [0.2, 0.25) is 0 Å². The molecular weight excluding hydrogens is 330 g/mol. The molecule has 0 aliphatic carbocycles. The summed E-state index contributed by atoms with van der Waals surface area (Å²) < 4.78 is 0. The average molecular weight is 361 g/mol. The first-order chi connectivity index (χ1) is 11.9. The Bertz CT molecular complexity index is 400. The molecule has 25 heavy (non-hydrogen) atoms. The molecule has 0 aliphatic heterocycles. The highest BCUT2D eigenvalue weighted by Crippen LogP contribution is 1.70. The normalized spacial score (nSPS) is 8.36. The van der Waals surface area contributed by atoms with Crippen molar-refractivity contribution in [1.82, 2.24) is 26.6 Å². The number of carbonyl (C=O) groups is 5. The summed E-state index contributed by atoms with van der Waals surface area (Å²) >= 11 is 0. The average Bonchev–Trinajstić information content (AvgIpc) is 2.62. The highest BCUT2D eigenvalue weighted by molar-refractivity contribution is 5.90. The van der Waals surface area contributed by atoms with E-state index in [1.54, 1.807) is 0 Å². The monoisotopic (exact) mass is 361 g/mol. The molecule has 0 saturated heterocycles. The summed E-state index contributed by atoms with van der Waals surface area (Å²) in [6, 6.07) is 0. The largest absolute Gasteiger partial charge is 0.350 e. The molecule has 4 amide bonds. The highest BCUT2D eigenvalue weighted by atomic mass is 16.2. The van der Waals surface area contributed by atoms with Gasteiger partial charge in [-0.05, 0) is 20.5 Å². The minimum absolute atomic E-state index is 0.0944. The van der Waals surface area contributed by atoms with Crippen molar-refractivity contribution >= 4 is 29.9 Å². The van der Waals surface area contributed by atoms with Gasteiger partial charge in [-0.1, -0.05) is 20.8 Å². The lowest BCUT2D eigenvalue weighted by atomic mass is 10.4. The lowest BCUT2D eigenvalue weighted by molar-refractivity contribution is -0.128. The Hall–Kier alpha value is -2.49. The van der Waals surface area contributed by atoms with Crippen LogP contribution < -0.4 is 26.6 Å². The molecule has 146 valence electrons. The lowest BCUT2D eigenvalue weighted by Gasteiger charge is -2.06. The molecule has 10 nitrogen and oxygen atoms in total. The fraction of sp³-hybridized carbons (Fsp3) is 0.667. The molecule has 0 aromatic carbocycles. The van der Waals surface area contributed by atoms with E-state index in [1.807, 2.05) is 20.9 Å². The van der Waals surface area contributed by atoms with Gasteiger partial charge in [0, 0.05) is 0 Å². The van der Waals surface area contributed by atoms with Gasteiger partial charge in [0.1, 0.15) is 5.78 Å². The van der Waals surface area contributed by atoms with Crippen LogP contribution in [0.3, 0.4) is 0 Å². The maximum atomic E-state index is 11.2. The van der Waals surface area contributed by atoms with Gasteiger partial charge in [-0.15, -0.1) is 0 Å². The summed E-state index contributed by atoms with van der Waals surface area (Å²) in [5.74, 6) is -1.78. The van der Waals surface area contributed by atoms with Crippen LogP contribution in [0.1, 0.15) is 27.7 Å². The number of nitrogens with one attached hydrogen (secondary N) is 5. The second-order valence-corrected chi connectivity index (χ2v) is 4.24. The summed E-state index contributed by atoms with van der Waals surface area (Å²) in [6.07, 6.45) is 0.360. The van der Waals surface area contributed by atoms with E-state index in [4.69, 9.17) is 0 Å². The van der Waals surface area contributed by atoms with Crippen molar-refractivity contribution in [3.63, 3.8) is 0 Å². The number of Topliss-reactive ketones (excluding diaryl/α,β-unsaturated/α-hetero) is 1. The molecule has 0 bridgehead atoms. The molecule has 0 aromatic heterocycles. The summed E-state index contributed by atoms with van der Waals surface area (Å²) in [7, 11) is 1.93. The molecule has 0 rings (SSSR count). The Morgan fingerprint density at radius 3 is 1.48 bits per heavy atom. The third-order valence-electron chi connectivity index (χ3n) is 2.13. The van der Waals surface area contributed by atoms with Crippen LogP contribution in [0.25, 0.3) is 0 Å². The Morgan fingerprint density at radius 1 is 0.800 bits per heavy atom. The standard InChI is InChI=1S/C10H16N4O5.C3H9N.C2H6/c1-7(16)2-12-9(18)4-14-10(19)5-13-8(17)3-11-6-15;1-3-4-2;1-2/h6H,2-5H2,1H3,(H,11,15)(H,12,18)(H,13,17)(H,14,19);4H,3H2,1-2H3;1-2H3. The maximum Gasteiger partial charge on any atom is 0.239 e. The van der Waals surface area contributed by atoms with E-state index in [9.17, 15) is 24.0 Å². The van der Waals surface area contributed by atoms with E-state index in [-0.39, 0.29) is 32.0 Å². The predicted octanol–water partition coefficient (Wildman–Crippen LogP) is -2.08. The minimum atomic E-state index is -0.558. The van der Waals surface area contributed by atoms with E-state index >= 15 is 0 Å². The van der Waals surface area contributed by atoms with Crippen molar-refractivity contribution in [2.75, 3.05) is 39.8 Å². The molecular formula is C15H31N5O5. The van der Waals surface area contributed by atoms with Crippen molar-refractivity contribution in [3.05, 3.63) is 0 Å². The number of ketones is 1. The molecule has 5 N–H and O–H groups in total. The molecule has 0 saturated carbocycles. The first-order valence-corrected chi connectivity index (χ1v) is 7.98. The third kappa shape index (κ3) is 26.7. The second-order valence-electron chi connectivity index (χ2n) is 4.24. The van der Waals surface area contributed by atoms with E-state index in [1.165, 1.54) is 6.92 Å². The molecule has 0 fully saturated rings. The van der Waals surface area contributed by atoms with Gasteiger partial charge in [0.15, 0.2) is 0 Å². The Labute approximate surface area is 148 Å². The van der Waals surface area contributed by atoms with Gasteiger partial charge in [-0.2, -0.15) is 0 Å². The summed E-state index contributed by atoms with van der Waals surface area (Å²) in [6.45, 7) is 7.55. The Morgan fingerprint density at radius 2 is 1.16 bits per heavy atom. The number of rotatable bonds is 10. The van der Waals surface area contributed by atoms with Gasteiger partial charge in [-0.3, -0.25) is 24.0 Å². The van der Waals surface area contributed by atoms with Crippen molar-refractivity contribution in [1.29, 1.82) is 0 Å². The smallest absolute Gasteiger partial charge is 0.239 e. The second kappa shape index (κ2) is 21.5. The summed E-state index contributed by atoms with van der Waals surface area (Å²) in [5.41, 5.74) is 0. The zero-order chi connectivity index (χ0) is 20.1. The SMILES string of the molecule is CC.CC(=O)CNC(=O)CNC(=O)CNC(=O)CNC=O.CCNC. The van der Waals surface area contributed by atoms with Crippen LogP contribution >= 0.6 is 0 Å². The van der Waals surface area contributed by atoms with Gasteiger partial charge in [0.05, 0.1) is 26.2 Å². The van der Waals surface area contributed by atoms with E-state index in [2.05, 4.69) is 33.5 Å². The van der Waals surface area contributed by atoms with Crippen LogP contribution in [0.4, 0.5) is 0 Å². The summed E-state index contributed by atoms with van der Waals surface area (Å²) in [5, 5.41) is 11.8. The lowest BCUT2D eigenvalue weighted by Crippen LogP contribution is -2.44. The zero-order valence-electron chi connectivity index (χ0n) is 15.7. The maximum absolute atomic E-state index is 11.2. The molecule has 0 atom stereocenters. The highest BCUT2D eigenvalue weighted by Gasteiger charge is 2.07. The molecule has 0 unspecified atom stereocenters. The molecule has 0 radical (unpaired) electrons. The first kappa shape index (κ1) is 27.4. The Kier molecular flexibility index (Phi) is 23.5. The van der Waals surface area contributed by atoms with Gasteiger partial charge in [0.2, 0.25) is 24.1 Å².